The Morgan fingerprint density at radius 1 is 0.914 bits per heavy atom. The van der Waals surface area contributed by atoms with Crippen molar-refractivity contribution >= 4 is 11.7 Å². The van der Waals surface area contributed by atoms with Crippen LogP contribution in [0.5, 0.6) is 0 Å². The van der Waals surface area contributed by atoms with Crippen LogP contribution in [0.2, 0.25) is 0 Å². The number of carbonyl (C=O) groups is 1. The predicted molar refractivity (Wildman–Crippen MR) is 145 cm³/mol. The molecule has 1 atom stereocenters. The molecule has 182 valence electrons. The highest BCUT2D eigenvalue weighted by Gasteiger charge is 2.41. The molecule has 0 saturated carbocycles. The van der Waals surface area contributed by atoms with E-state index in [1.165, 1.54) is 31.2 Å². The number of urea groups is 1. The zero-order valence-corrected chi connectivity index (χ0v) is 20.8. The average Bonchev–Trinajstić information content (AvgIpc) is 3.26. The lowest BCUT2D eigenvalue weighted by Crippen LogP contribution is -2.47. The minimum absolute atomic E-state index is 0.380. The summed E-state index contributed by atoms with van der Waals surface area (Å²) >= 11 is 0. The Morgan fingerprint density at radius 2 is 1.57 bits per heavy atom. The quantitative estimate of drug-likeness (QED) is 0.438. The van der Waals surface area contributed by atoms with E-state index in [4.69, 9.17) is 5.73 Å². The Hall–Kier alpha value is -3.11. The molecule has 1 aliphatic carbocycles. The normalized spacial score (nSPS) is 17.7. The molecule has 0 bridgehead atoms. The van der Waals surface area contributed by atoms with Crippen LogP contribution in [0.1, 0.15) is 50.2 Å². The van der Waals surface area contributed by atoms with Crippen molar-refractivity contribution in [3.05, 3.63) is 90.0 Å². The molecular weight excluding hydrogens is 430 g/mol. The lowest BCUT2D eigenvalue weighted by molar-refractivity contribution is 0.107. The Balaban J connectivity index is 1.21. The second kappa shape index (κ2) is 10.2. The number of rotatable bonds is 7. The molecule has 1 heterocycles. The molecule has 4 nitrogen and oxygen atoms in total. The number of benzene rings is 3. The van der Waals surface area contributed by atoms with Crippen LogP contribution in [0.15, 0.2) is 78.9 Å². The van der Waals surface area contributed by atoms with Crippen LogP contribution < -0.4 is 10.6 Å². The van der Waals surface area contributed by atoms with Crippen LogP contribution in [-0.2, 0) is 11.8 Å². The van der Waals surface area contributed by atoms with Crippen molar-refractivity contribution in [2.24, 2.45) is 5.73 Å². The van der Waals surface area contributed by atoms with Gasteiger partial charge in [0.1, 0.15) is 0 Å². The molecule has 2 N–H and O–H groups in total. The number of fused-ring (bicyclic) bond motifs is 2. The molecule has 4 heteroatoms. The minimum atomic E-state index is -0.382. The molecular formula is C31H37N3O. The van der Waals surface area contributed by atoms with Gasteiger partial charge in [-0.2, -0.15) is 0 Å². The molecule has 0 aromatic heterocycles. The third-order valence-corrected chi connectivity index (χ3v) is 8.44. The predicted octanol–water partition coefficient (Wildman–Crippen LogP) is 6.39. The molecule has 3 aromatic carbocycles. The Labute approximate surface area is 209 Å². The second-order valence-corrected chi connectivity index (χ2v) is 10.2. The fourth-order valence-corrected chi connectivity index (χ4v) is 6.35. The van der Waals surface area contributed by atoms with E-state index in [1.807, 2.05) is 30.3 Å². The maximum absolute atomic E-state index is 12.4. The topological polar surface area (TPSA) is 49.6 Å². The first-order chi connectivity index (χ1) is 17.1. The van der Waals surface area contributed by atoms with Crippen LogP contribution >= 0.6 is 0 Å². The van der Waals surface area contributed by atoms with Crippen molar-refractivity contribution in [3.8, 4) is 11.1 Å². The highest BCUT2D eigenvalue weighted by molar-refractivity contribution is 5.91. The van der Waals surface area contributed by atoms with E-state index in [2.05, 4.69) is 60.4 Å². The first-order valence-corrected chi connectivity index (χ1v) is 13.1. The molecule has 35 heavy (non-hydrogen) atoms. The molecule has 2 amide bonds. The van der Waals surface area contributed by atoms with Crippen LogP contribution in [0.4, 0.5) is 10.5 Å². The lowest BCUT2D eigenvalue weighted by Gasteiger charge is -2.43. The first kappa shape index (κ1) is 23.6. The van der Waals surface area contributed by atoms with Crippen molar-refractivity contribution in [2.75, 3.05) is 24.5 Å². The molecule has 1 aliphatic heterocycles. The Morgan fingerprint density at radius 3 is 2.26 bits per heavy atom. The van der Waals surface area contributed by atoms with Gasteiger partial charge in [0.15, 0.2) is 0 Å². The van der Waals surface area contributed by atoms with Gasteiger partial charge in [0.2, 0.25) is 0 Å². The number of amides is 2. The number of hydrogen-bond donors (Lipinski definition) is 1. The lowest BCUT2D eigenvalue weighted by atomic mass is 9.73. The van der Waals surface area contributed by atoms with E-state index in [9.17, 15) is 4.79 Å². The van der Waals surface area contributed by atoms with Crippen LogP contribution in [-0.4, -0.2) is 36.6 Å². The van der Waals surface area contributed by atoms with Crippen molar-refractivity contribution in [1.82, 2.24) is 4.90 Å². The highest BCUT2D eigenvalue weighted by Crippen LogP contribution is 2.46. The van der Waals surface area contributed by atoms with Gasteiger partial charge < -0.3 is 10.6 Å². The second-order valence-electron chi connectivity index (χ2n) is 10.2. The SMILES string of the molecule is CCC(CCN(C(N)=O)c1ccc(-c2ccccc2)cc1)N1CCC2(CCc3ccccc32)CC1. The first-order valence-electron chi connectivity index (χ1n) is 13.1. The van der Waals surface area contributed by atoms with Crippen molar-refractivity contribution < 1.29 is 4.79 Å². The van der Waals surface area contributed by atoms with Gasteiger partial charge in [-0.05, 0) is 91.4 Å². The summed E-state index contributed by atoms with van der Waals surface area (Å²) in [6, 6.07) is 27.6. The third-order valence-electron chi connectivity index (χ3n) is 8.44. The standard InChI is InChI=1S/C31H37N3O/c1-2-27(33-22-19-31(20-23-33)18-16-26-10-6-7-11-29(26)31)17-21-34(30(32)35)28-14-12-25(13-15-28)24-8-4-3-5-9-24/h3-15,27H,2,16-23H2,1H3,(H2,32,35). The van der Waals surface area contributed by atoms with Crippen LogP contribution in [0, 0.1) is 0 Å². The van der Waals surface area contributed by atoms with E-state index in [0.29, 0.717) is 18.0 Å². The summed E-state index contributed by atoms with van der Waals surface area (Å²) in [4.78, 5) is 16.7. The number of anilines is 1. The average molecular weight is 468 g/mol. The molecule has 2 aliphatic rings. The van der Waals surface area contributed by atoms with Crippen molar-refractivity contribution in [3.63, 3.8) is 0 Å². The largest absolute Gasteiger partial charge is 0.351 e. The third kappa shape index (κ3) is 4.85. The summed E-state index contributed by atoms with van der Waals surface area (Å²) in [5.41, 5.74) is 12.5. The van der Waals surface area contributed by atoms with Gasteiger partial charge >= 0.3 is 6.03 Å². The fourth-order valence-electron chi connectivity index (χ4n) is 6.35. The van der Waals surface area contributed by atoms with E-state index < -0.39 is 0 Å². The monoisotopic (exact) mass is 467 g/mol. The molecule has 1 saturated heterocycles. The van der Waals surface area contributed by atoms with E-state index >= 15 is 0 Å². The summed E-state index contributed by atoms with van der Waals surface area (Å²) in [6.07, 6.45) is 7.02. The maximum atomic E-state index is 12.4. The zero-order valence-electron chi connectivity index (χ0n) is 20.8. The van der Waals surface area contributed by atoms with Gasteiger partial charge in [0.05, 0.1) is 0 Å². The van der Waals surface area contributed by atoms with E-state index in [0.717, 1.165) is 37.2 Å². The number of hydrogen-bond acceptors (Lipinski definition) is 2. The minimum Gasteiger partial charge on any atom is -0.351 e. The number of nitrogens with two attached hydrogens (primary N) is 1. The fraction of sp³-hybridized carbons (Fsp3) is 0.387. The summed E-state index contributed by atoms with van der Waals surface area (Å²) in [5.74, 6) is 0. The number of piperidine rings is 1. The van der Waals surface area contributed by atoms with Gasteiger partial charge in [-0.25, -0.2) is 4.79 Å². The summed E-state index contributed by atoms with van der Waals surface area (Å²) in [6.45, 7) is 5.18. The summed E-state index contributed by atoms with van der Waals surface area (Å²) in [5, 5.41) is 0. The molecule has 0 radical (unpaired) electrons. The van der Waals surface area contributed by atoms with E-state index in [-0.39, 0.29) is 6.03 Å². The molecule has 1 unspecified atom stereocenters. The molecule has 3 aromatic rings. The number of aryl methyl sites for hydroxylation is 1. The van der Waals surface area contributed by atoms with E-state index in [1.54, 1.807) is 16.0 Å². The Bertz CT molecular complexity index is 1130. The van der Waals surface area contributed by atoms with Crippen molar-refractivity contribution in [2.45, 2.75) is 56.9 Å². The molecule has 1 spiro atoms. The van der Waals surface area contributed by atoms with Crippen molar-refractivity contribution in [1.29, 1.82) is 0 Å². The van der Waals surface area contributed by atoms with Gasteiger partial charge in [0, 0.05) is 18.3 Å². The number of carbonyl (C=O) groups excluding carboxylic acids is 1. The van der Waals surface area contributed by atoms with Gasteiger partial charge in [-0.1, -0.05) is 73.7 Å². The number of likely N-dealkylation sites (tertiary alicyclic amines) is 1. The molecule has 1 fully saturated rings. The molecule has 5 rings (SSSR count). The summed E-state index contributed by atoms with van der Waals surface area (Å²) < 4.78 is 0. The van der Waals surface area contributed by atoms with Gasteiger partial charge in [-0.3, -0.25) is 4.90 Å². The highest BCUT2D eigenvalue weighted by atomic mass is 16.2. The van der Waals surface area contributed by atoms with Crippen LogP contribution in [0.25, 0.3) is 11.1 Å². The van der Waals surface area contributed by atoms with Gasteiger partial charge in [-0.15, -0.1) is 0 Å². The Kier molecular flexibility index (Phi) is 6.92. The van der Waals surface area contributed by atoms with Crippen LogP contribution in [0.3, 0.4) is 0 Å². The number of nitrogens with zero attached hydrogens (tertiary/aromatic N) is 2. The summed E-state index contributed by atoms with van der Waals surface area (Å²) in [7, 11) is 0. The number of primary amides is 1. The zero-order chi connectivity index (χ0) is 24.3. The smallest absolute Gasteiger partial charge is 0.319 e. The maximum Gasteiger partial charge on any atom is 0.319 e. The van der Waals surface area contributed by atoms with Gasteiger partial charge in [0.25, 0.3) is 0 Å².